The van der Waals surface area contributed by atoms with Crippen LogP contribution in [-0.2, 0) is 6.42 Å². The molecular weight excluding hydrogens is 402 g/mol. The van der Waals surface area contributed by atoms with Gasteiger partial charge in [-0.1, -0.05) is 19.7 Å². The Kier molecular flexibility index (Phi) is 5.07. The van der Waals surface area contributed by atoms with E-state index in [1.165, 1.54) is 0 Å². The van der Waals surface area contributed by atoms with Gasteiger partial charge in [-0.05, 0) is 72.7 Å². The van der Waals surface area contributed by atoms with Crippen molar-refractivity contribution in [3.63, 3.8) is 0 Å². The topological polar surface area (TPSA) is 102 Å². The number of likely N-dealkylation sites (N-methyl/N-ethyl adjacent to an activating group) is 1. The highest BCUT2D eigenvalue weighted by Crippen LogP contribution is 2.58. The molecule has 0 radical (unpaired) electrons. The highest BCUT2D eigenvalue weighted by atomic mass is 16.3. The molecule has 0 saturated carbocycles. The van der Waals surface area contributed by atoms with Gasteiger partial charge >= 0.3 is 0 Å². The Morgan fingerprint density at radius 2 is 1.91 bits per heavy atom. The van der Waals surface area contributed by atoms with Crippen LogP contribution in [0.5, 0.6) is 5.75 Å². The molecule has 4 atom stereocenters. The Bertz CT molecular complexity index is 1130. The van der Waals surface area contributed by atoms with Gasteiger partial charge in [0.2, 0.25) is 0 Å². The molecule has 0 aromatic heterocycles. The predicted molar refractivity (Wildman–Crippen MR) is 129 cm³/mol. The highest BCUT2D eigenvalue weighted by Gasteiger charge is 2.56. The lowest BCUT2D eigenvalue weighted by Crippen LogP contribution is -2.58. The summed E-state index contributed by atoms with van der Waals surface area (Å²) in [5.74, 6) is -0.00337. The van der Waals surface area contributed by atoms with Crippen LogP contribution in [0.2, 0.25) is 0 Å². The quantitative estimate of drug-likeness (QED) is 0.500. The van der Waals surface area contributed by atoms with Crippen molar-refractivity contribution < 1.29 is 15.3 Å². The number of anilines is 1. The number of hydrogen-bond donors (Lipinski definition) is 5. The minimum Gasteiger partial charge on any atom is -0.510 e. The first kappa shape index (κ1) is 22.2. The summed E-state index contributed by atoms with van der Waals surface area (Å²) in [6, 6.07) is 3.13. The number of fused-ring (bicyclic) bond motifs is 3. The Morgan fingerprint density at radius 3 is 2.47 bits per heavy atom. The lowest BCUT2D eigenvalue weighted by molar-refractivity contribution is 0.00539. The van der Waals surface area contributed by atoms with Gasteiger partial charge in [0.05, 0.1) is 6.04 Å². The van der Waals surface area contributed by atoms with Crippen molar-refractivity contribution in [2.45, 2.75) is 31.4 Å². The number of phenolic OH excluding ortho intramolecular Hbond substituents is 1. The third kappa shape index (κ3) is 2.72. The van der Waals surface area contributed by atoms with Crippen LogP contribution in [0.1, 0.15) is 24.5 Å². The fraction of sp³-hybridized carbons (Fsp3) is 0.385. The molecule has 0 fully saturated rings. The molecular formula is C26H33N3O3. The molecule has 32 heavy (non-hydrogen) atoms. The van der Waals surface area contributed by atoms with Crippen LogP contribution in [0.25, 0.3) is 5.57 Å². The first-order chi connectivity index (χ1) is 15.0. The Labute approximate surface area is 189 Å². The second-order valence-electron chi connectivity index (χ2n) is 9.41. The average molecular weight is 436 g/mol. The van der Waals surface area contributed by atoms with Gasteiger partial charge < -0.3 is 31.3 Å². The van der Waals surface area contributed by atoms with Crippen molar-refractivity contribution in [2.24, 2.45) is 17.6 Å². The third-order valence-electron chi connectivity index (χ3n) is 7.63. The van der Waals surface area contributed by atoms with Gasteiger partial charge in [0.25, 0.3) is 0 Å². The van der Waals surface area contributed by atoms with Crippen molar-refractivity contribution in [2.75, 3.05) is 26.0 Å². The van der Waals surface area contributed by atoms with Gasteiger partial charge in [-0.25, -0.2) is 0 Å². The number of aliphatic hydroxyl groups is 2. The maximum atomic E-state index is 12.1. The van der Waals surface area contributed by atoms with Crippen LogP contribution in [0.4, 0.5) is 5.69 Å². The van der Waals surface area contributed by atoms with E-state index in [9.17, 15) is 15.3 Å². The van der Waals surface area contributed by atoms with Crippen LogP contribution in [0, 0.1) is 11.8 Å². The van der Waals surface area contributed by atoms with Gasteiger partial charge in [0, 0.05) is 42.5 Å². The second kappa shape index (κ2) is 7.29. The number of nitrogens with two attached hydrogens (primary N) is 1. The summed E-state index contributed by atoms with van der Waals surface area (Å²) in [7, 11) is 5.73. The van der Waals surface area contributed by atoms with E-state index in [1.54, 1.807) is 13.1 Å². The van der Waals surface area contributed by atoms with Crippen molar-refractivity contribution in [1.29, 1.82) is 0 Å². The van der Waals surface area contributed by atoms with Crippen LogP contribution >= 0.6 is 0 Å². The van der Waals surface area contributed by atoms with Crippen molar-refractivity contribution in [1.82, 2.24) is 5.32 Å². The summed E-state index contributed by atoms with van der Waals surface area (Å²) in [4.78, 5) is 2.04. The maximum Gasteiger partial charge on any atom is 0.123 e. The standard InChI is InChI=1S/C26H33N3O3/c1-12-21-13(2)26(32)14(3)23(15(4)27)25(31)24(28-5)18(26)11-16(21)10-17-19(29(6)7)8-9-20(30)22(12)17/h8-9,16,18,24,28,30-32H,1,3-4,10-11,27H2,2,5-7H3/t16-,18-,24-,26-/m0/s1. The summed E-state index contributed by atoms with van der Waals surface area (Å²) < 4.78 is 0. The summed E-state index contributed by atoms with van der Waals surface area (Å²) >= 11 is 0. The maximum absolute atomic E-state index is 12.1. The Hall–Kier alpha value is -2.96. The van der Waals surface area contributed by atoms with Crippen LogP contribution in [0.3, 0.4) is 0 Å². The SMILES string of the molecule is C=C(N)C1=C(O)[C@@H](NC)[C@@H]2C[C@@H]3Cc4c(N(C)C)ccc(O)c4C(=C)C3=C(C)[C@]2(O)C1=C. The highest BCUT2D eigenvalue weighted by molar-refractivity contribution is 5.89. The van der Waals surface area contributed by atoms with Crippen molar-refractivity contribution >= 4 is 11.3 Å². The van der Waals surface area contributed by atoms with E-state index in [0.29, 0.717) is 24.0 Å². The summed E-state index contributed by atoms with van der Waals surface area (Å²) in [5.41, 5.74) is 10.6. The molecule has 6 N–H and O–H groups in total. The molecule has 0 bridgehead atoms. The number of allylic oxidation sites excluding steroid dienone is 3. The van der Waals surface area contributed by atoms with E-state index >= 15 is 0 Å². The van der Waals surface area contributed by atoms with E-state index in [0.717, 1.165) is 33.5 Å². The normalized spacial score (nSPS) is 29.5. The lowest BCUT2D eigenvalue weighted by atomic mass is 9.55. The molecule has 6 heteroatoms. The largest absolute Gasteiger partial charge is 0.510 e. The van der Waals surface area contributed by atoms with Crippen LogP contribution < -0.4 is 16.0 Å². The summed E-state index contributed by atoms with van der Waals surface area (Å²) in [6.07, 6.45) is 1.32. The van der Waals surface area contributed by atoms with Crippen LogP contribution in [0.15, 0.2) is 65.6 Å². The fourth-order valence-corrected chi connectivity index (χ4v) is 6.23. The first-order valence-electron chi connectivity index (χ1n) is 10.9. The molecule has 4 rings (SSSR count). The van der Waals surface area contributed by atoms with E-state index < -0.39 is 11.6 Å². The molecule has 3 aliphatic carbocycles. The number of rotatable bonds is 3. The second-order valence-corrected chi connectivity index (χ2v) is 9.41. The Balaban J connectivity index is 1.96. The molecule has 0 spiro atoms. The number of benzene rings is 1. The van der Waals surface area contributed by atoms with Gasteiger partial charge in [-0.15, -0.1) is 0 Å². The van der Waals surface area contributed by atoms with E-state index in [2.05, 4.69) is 25.1 Å². The number of aliphatic hydroxyl groups excluding tert-OH is 1. The number of nitrogens with one attached hydrogen (secondary N) is 1. The molecule has 3 aliphatic rings. The molecule has 0 unspecified atom stereocenters. The summed E-state index contributed by atoms with van der Waals surface area (Å²) in [5, 5.41) is 37.0. The lowest BCUT2D eigenvalue weighted by Gasteiger charge is -2.53. The molecule has 170 valence electrons. The zero-order chi connectivity index (χ0) is 23.7. The van der Waals surface area contributed by atoms with Gasteiger partial charge in [-0.2, -0.15) is 0 Å². The zero-order valence-electron chi connectivity index (χ0n) is 19.3. The number of nitrogens with zero attached hydrogens (tertiary/aromatic N) is 1. The number of aromatic hydroxyl groups is 1. The van der Waals surface area contributed by atoms with Gasteiger partial charge in [0.1, 0.15) is 17.1 Å². The predicted octanol–water partition coefficient (Wildman–Crippen LogP) is 3.15. The van der Waals surface area contributed by atoms with Crippen LogP contribution in [-0.4, -0.2) is 48.1 Å². The fourth-order valence-electron chi connectivity index (χ4n) is 6.23. The molecule has 0 aliphatic heterocycles. The summed E-state index contributed by atoms with van der Waals surface area (Å²) in [6.45, 7) is 14.2. The minimum absolute atomic E-state index is 0.0672. The molecule has 1 aromatic rings. The molecule has 0 amide bonds. The zero-order valence-corrected chi connectivity index (χ0v) is 19.3. The molecule has 0 heterocycles. The number of phenols is 1. The van der Waals surface area contributed by atoms with E-state index in [-0.39, 0.29) is 29.0 Å². The molecule has 0 saturated heterocycles. The number of hydrogen-bond acceptors (Lipinski definition) is 6. The molecule has 1 aromatic carbocycles. The van der Waals surface area contributed by atoms with Crippen molar-refractivity contribution in [3.05, 3.63) is 76.7 Å². The minimum atomic E-state index is -1.42. The van der Waals surface area contributed by atoms with E-state index in [1.807, 2.05) is 32.0 Å². The van der Waals surface area contributed by atoms with E-state index in [4.69, 9.17) is 5.73 Å². The average Bonchev–Trinajstić information content (AvgIpc) is 2.70. The monoisotopic (exact) mass is 435 g/mol. The Morgan fingerprint density at radius 1 is 1.25 bits per heavy atom. The first-order valence-corrected chi connectivity index (χ1v) is 10.9. The third-order valence-corrected chi connectivity index (χ3v) is 7.63. The molecule has 6 nitrogen and oxygen atoms in total. The van der Waals surface area contributed by atoms with Crippen molar-refractivity contribution in [3.8, 4) is 5.75 Å². The van der Waals surface area contributed by atoms with Gasteiger partial charge in [0.15, 0.2) is 0 Å². The van der Waals surface area contributed by atoms with Gasteiger partial charge in [-0.3, -0.25) is 0 Å². The smallest absolute Gasteiger partial charge is 0.123 e.